The Morgan fingerprint density at radius 1 is 0.322 bits per heavy atom. The Labute approximate surface area is 504 Å². The third-order valence-electron chi connectivity index (χ3n) is 17.9. The molecule has 11 aromatic carbocycles. The highest BCUT2D eigenvalue weighted by molar-refractivity contribution is 6.31. The van der Waals surface area contributed by atoms with Gasteiger partial charge in [0.05, 0.1) is 44.8 Å². The molecule has 0 saturated carbocycles. The Bertz CT molecular complexity index is 5200. The Morgan fingerprint density at radius 3 is 1.30 bits per heavy atom. The van der Waals surface area contributed by atoms with Crippen LogP contribution in [-0.4, -0.2) is 28.7 Å². The van der Waals surface area contributed by atoms with Crippen LogP contribution in [0.4, 0.5) is 0 Å². The summed E-state index contributed by atoms with van der Waals surface area (Å²) in [6.07, 6.45) is 19.9. The van der Waals surface area contributed by atoms with Gasteiger partial charge in [0.1, 0.15) is 0 Å². The van der Waals surface area contributed by atoms with Crippen LogP contribution in [0.1, 0.15) is 30.4 Å². The van der Waals surface area contributed by atoms with Gasteiger partial charge in [0.2, 0.25) is 0 Å². The van der Waals surface area contributed by atoms with Gasteiger partial charge in [-0.25, -0.2) is 15.0 Å². The van der Waals surface area contributed by atoms with Gasteiger partial charge in [0.15, 0.2) is 17.5 Å². The molecule has 0 bridgehead atoms. The molecule has 2 atom stereocenters. The van der Waals surface area contributed by atoms with E-state index in [1.165, 1.54) is 59.9 Å². The topological polar surface area (TPSA) is 53.5 Å². The van der Waals surface area contributed by atoms with Gasteiger partial charge < -0.3 is 13.7 Å². The van der Waals surface area contributed by atoms with Crippen LogP contribution in [0.15, 0.2) is 303 Å². The zero-order chi connectivity index (χ0) is 57.4. The summed E-state index contributed by atoms with van der Waals surface area (Å²) in [5.74, 6) is 1.87. The Balaban J connectivity index is 0.938. The van der Waals surface area contributed by atoms with E-state index in [2.05, 4.69) is 317 Å². The van der Waals surface area contributed by atoms with Crippen molar-refractivity contribution >= 4 is 65.4 Å². The molecule has 4 aromatic heterocycles. The van der Waals surface area contributed by atoms with E-state index in [0.717, 1.165) is 85.3 Å². The summed E-state index contributed by atoms with van der Waals surface area (Å²) in [7, 11) is 0. The number of aromatic nitrogens is 6. The molecule has 0 spiro atoms. The van der Waals surface area contributed by atoms with Crippen molar-refractivity contribution in [2.24, 2.45) is 0 Å². The lowest BCUT2D eigenvalue weighted by Gasteiger charge is -2.25. The van der Waals surface area contributed by atoms with Gasteiger partial charge in [0.25, 0.3) is 0 Å². The van der Waals surface area contributed by atoms with Crippen molar-refractivity contribution in [3.8, 4) is 78.9 Å². The minimum Gasteiger partial charge on any atom is -0.332 e. The summed E-state index contributed by atoms with van der Waals surface area (Å²) >= 11 is 0. The summed E-state index contributed by atoms with van der Waals surface area (Å²) in [5, 5.41) is 7.44. The maximum absolute atomic E-state index is 5.47. The maximum Gasteiger partial charge on any atom is 0.164 e. The molecule has 6 nitrogen and oxygen atoms in total. The fraction of sp³-hybridized carbons (Fsp3) is 0.0494. The Kier molecular flexibility index (Phi) is 12.1. The number of hydrogen-bond acceptors (Lipinski definition) is 3. The van der Waals surface area contributed by atoms with E-state index in [-0.39, 0.29) is 12.0 Å². The van der Waals surface area contributed by atoms with Gasteiger partial charge in [-0.2, -0.15) is 0 Å². The van der Waals surface area contributed by atoms with E-state index < -0.39 is 0 Å². The number of fused-ring (bicyclic) bond motifs is 11. The third kappa shape index (κ3) is 8.43. The van der Waals surface area contributed by atoms with Crippen molar-refractivity contribution in [3.63, 3.8) is 0 Å². The molecule has 87 heavy (non-hydrogen) atoms. The fourth-order valence-electron chi connectivity index (χ4n) is 13.9. The molecule has 0 aliphatic heterocycles. The summed E-state index contributed by atoms with van der Waals surface area (Å²) in [6, 6.07) is 92.3. The quantitative estimate of drug-likeness (QED) is 0.137. The molecule has 0 N–H and O–H groups in total. The van der Waals surface area contributed by atoms with Crippen LogP contribution in [0.5, 0.6) is 0 Å². The second-order valence-corrected chi connectivity index (χ2v) is 22.9. The van der Waals surface area contributed by atoms with Crippen molar-refractivity contribution in [1.82, 2.24) is 28.7 Å². The number of rotatable bonds is 10. The van der Waals surface area contributed by atoms with Crippen LogP contribution in [0.25, 0.3) is 144 Å². The molecule has 15 aromatic rings. The first-order valence-electron chi connectivity index (χ1n) is 30.1. The highest BCUT2D eigenvalue weighted by Crippen LogP contribution is 2.49. The number of para-hydroxylation sites is 3. The number of hydrogen-bond donors (Lipinski definition) is 0. The molecule has 0 fully saturated rings. The van der Waals surface area contributed by atoms with Crippen molar-refractivity contribution < 1.29 is 0 Å². The second-order valence-electron chi connectivity index (χ2n) is 22.9. The lowest BCUT2D eigenvalue weighted by molar-refractivity contribution is 0.650. The lowest BCUT2D eigenvalue weighted by atomic mass is 9.86. The van der Waals surface area contributed by atoms with E-state index >= 15 is 0 Å². The lowest BCUT2D eigenvalue weighted by Crippen LogP contribution is -2.09. The van der Waals surface area contributed by atoms with Crippen LogP contribution in [0.2, 0.25) is 0 Å². The summed E-state index contributed by atoms with van der Waals surface area (Å²) in [5.41, 5.74) is 20.2. The monoisotopic (exact) mass is 1110 g/mol. The van der Waals surface area contributed by atoms with Gasteiger partial charge >= 0.3 is 0 Å². The first kappa shape index (κ1) is 50.3. The van der Waals surface area contributed by atoms with E-state index in [1.807, 2.05) is 0 Å². The molecule has 2 unspecified atom stereocenters. The molecule has 0 radical (unpaired) electrons. The van der Waals surface area contributed by atoms with Crippen molar-refractivity contribution in [2.75, 3.05) is 0 Å². The van der Waals surface area contributed by atoms with Crippen molar-refractivity contribution in [2.45, 2.75) is 24.8 Å². The summed E-state index contributed by atoms with van der Waals surface area (Å²) in [6.45, 7) is 0. The average molecular weight is 1110 g/mol. The summed E-state index contributed by atoms with van der Waals surface area (Å²) < 4.78 is 7.73. The SMILES string of the molecule is C1=CCC(c2cc(-c3nc(-c4ccc(-c5ccccc5)cc4)nc(-c4ccc(-c5ccccc5)cc4)n3)cc(-c3ccccc3)c2-n2c3ccccc3c3c2ccc2c4ccc5c(c6ccccc6n5-c5ccccc5)c4n(C4C=CC=CC4)c23)C=C1. The Morgan fingerprint density at radius 2 is 0.770 bits per heavy atom. The minimum atomic E-state index is 0.0324. The van der Waals surface area contributed by atoms with Gasteiger partial charge in [0, 0.05) is 66.2 Å². The smallest absolute Gasteiger partial charge is 0.164 e. The molecule has 0 amide bonds. The number of nitrogens with zero attached hydrogens (tertiary/aromatic N) is 6. The molecule has 0 saturated heterocycles. The zero-order valence-corrected chi connectivity index (χ0v) is 47.6. The first-order chi connectivity index (χ1) is 43.2. The molecule has 6 heteroatoms. The van der Waals surface area contributed by atoms with Crippen LogP contribution < -0.4 is 0 Å². The Hall–Kier alpha value is -11.2. The normalized spacial score (nSPS) is 14.9. The van der Waals surface area contributed by atoms with Gasteiger partial charge in [-0.05, 0) is 94.8 Å². The zero-order valence-electron chi connectivity index (χ0n) is 47.6. The highest BCUT2D eigenvalue weighted by atomic mass is 15.1. The minimum absolute atomic E-state index is 0.0324. The van der Waals surface area contributed by atoms with Crippen LogP contribution in [-0.2, 0) is 0 Å². The molecule has 17 rings (SSSR count). The second kappa shape index (κ2) is 20.8. The van der Waals surface area contributed by atoms with E-state index in [1.54, 1.807) is 0 Å². The fourth-order valence-corrected chi connectivity index (χ4v) is 13.9. The molecule has 4 heterocycles. The third-order valence-corrected chi connectivity index (χ3v) is 17.9. The molecule has 2 aliphatic rings. The van der Waals surface area contributed by atoms with Crippen LogP contribution in [0, 0.1) is 0 Å². The molecular weight excluding hydrogens is 1060 g/mol. The predicted molar refractivity (Wildman–Crippen MR) is 362 cm³/mol. The number of benzene rings is 11. The van der Waals surface area contributed by atoms with Gasteiger partial charge in [-0.15, -0.1) is 0 Å². The highest BCUT2D eigenvalue weighted by Gasteiger charge is 2.30. The van der Waals surface area contributed by atoms with E-state index in [9.17, 15) is 0 Å². The van der Waals surface area contributed by atoms with Crippen LogP contribution >= 0.6 is 0 Å². The summed E-state index contributed by atoms with van der Waals surface area (Å²) in [4.78, 5) is 16.2. The maximum atomic E-state index is 5.47. The van der Waals surface area contributed by atoms with Crippen molar-refractivity contribution in [3.05, 3.63) is 309 Å². The largest absolute Gasteiger partial charge is 0.332 e. The van der Waals surface area contributed by atoms with E-state index in [0.29, 0.717) is 17.5 Å². The molecular formula is C81H56N6. The molecule has 410 valence electrons. The van der Waals surface area contributed by atoms with Gasteiger partial charge in [-0.3, -0.25) is 0 Å². The van der Waals surface area contributed by atoms with Crippen LogP contribution in [0.3, 0.4) is 0 Å². The predicted octanol–water partition coefficient (Wildman–Crippen LogP) is 20.8. The first-order valence-corrected chi connectivity index (χ1v) is 30.1. The molecule has 2 aliphatic carbocycles. The standard InChI is InChI=1S/C81H56N6/c1-7-23-53(24-8-1)55-39-43-59(44-40-55)79-82-80(60-45-41-56(42-46-60)54-25-9-2-10-26-54)84-81(83-79)61-51-68(57-27-11-3-12-28-57)76(69(52-61)58-29-13-4-14-30-58)87-71-38-22-20-36-67(71)75-73(87)50-48-65-64-47-49-72-74(77(64)86(78(65)75)63-33-17-6-18-34-63)66-35-19-21-37-70(66)85(72)62-31-15-5-16-32-62/h1-29,31-33,35-52,58,63H,30,34H2. The number of allylic oxidation sites excluding steroid dienone is 8. The van der Waals surface area contributed by atoms with Crippen molar-refractivity contribution in [1.29, 1.82) is 0 Å². The average Bonchev–Trinajstić information content (AvgIpc) is 1.68. The van der Waals surface area contributed by atoms with E-state index in [4.69, 9.17) is 15.0 Å². The van der Waals surface area contributed by atoms with Gasteiger partial charge in [-0.1, -0.05) is 255 Å².